The van der Waals surface area contributed by atoms with Gasteiger partial charge >= 0.3 is 5.97 Å². The fourth-order valence-corrected chi connectivity index (χ4v) is 2.67. The Kier molecular flexibility index (Phi) is 4.66. The van der Waals surface area contributed by atoms with Crippen LogP contribution in [0.5, 0.6) is 5.75 Å². The van der Waals surface area contributed by atoms with Gasteiger partial charge in [-0.3, -0.25) is 0 Å². The Hall–Kier alpha value is -3.01. The number of hydrogen-bond donors (Lipinski definition) is 1. The summed E-state index contributed by atoms with van der Waals surface area (Å²) in [5.74, 6) is 0.443. The molecule has 1 heterocycles. The Labute approximate surface area is 141 Å². The Morgan fingerprint density at radius 1 is 1.00 bits per heavy atom. The van der Waals surface area contributed by atoms with E-state index in [2.05, 4.69) is 4.98 Å². The minimum Gasteiger partial charge on any atom is -0.497 e. The molecule has 0 aliphatic carbocycles. The molecule has 2 aromatic carbocycles. The van der Waals surface area contributed by atoms with E-state index in [0.29, 0.717) is 12.2 Å². The third-order valence-electron chi connectivity index (χ3n) is 3.82. The van der Waals surface area contributed by atoms with E-state index in [4.69, 9.17) is 9.47 Å². The summed E-state index contributed by atoms with van der Waals surface area (Å²) in [6.07, 6.45) is 1.84. The van der Waals surface area contributed by atoms with E-state index in [0.717, 1.165) is 28.1 Å². The molecule has 0 fully saturated rings. The van der Waals surface area contributed by atoms with Gasteiger partial charge in [0.2, 0.25) is 0 Å². The van der Waals surface area contributed by atoms with E-state index in [9.17, 15) is 4.79 Å². The Morgan fingerprint density at radius 2 is 1.71 bits per heavy atom. The number of benzene rings is 2. The highest BCUT2D eigenvalue weighted by atomic mass is 16.5. The number of hydrogen-bond acceptors (Lipinski definition) is 3. The summed E-state index contributed by atoms with van der Waals surface area (Å²) < 4.78 is 10.5. The van der Waals surface area contributed by atoms with Gasteiger partial charge in [-0.15, -0.1) is 0 Å². The second-order valence-corrected chi connectivity index (χ2v) is 5.27. The molecule has 1 aromatic heterocycles. The van der Waals surface area contributed by atoms with E-state index in [1.807, 2.05) is 60.8 Å². The fraction of sp³-hybridized carbons (Fsp3) is 0.150. The van der Waals surface area contributed by atoms with Crippen molar-refractivity contribution in [2.24, 2.45) is 0 Å². The third kappa shape index (κ3) is 3.04. The Balaban J connectivity index is 2.12. The number of methoxy groups -OCH3 is 1. The van der Waals surface area contributed by atoms with Gasteiger partial charge in [0, 0.05) is 11.8 Å². The highest BCUT2D eigenvalue weighted by Crippen LogP contribution is 2.33. The number of aromatic nitrogens is 1. The van der Waals surface area contributed by atoms with Crippen LogP contribution in [-0.2, 0) is 4.74 Å². The molecule has 4 heteroatoms. The molecule has 0 unspecified atom stereocenters. The zero-order valence-electron chi connectivity index (χ0n) is 13.7. The van der Waals surface area contributed by atoms with Crippen LogP contribution < -0.4 is 4.74 Å². The molecule has 4 nitrogen and oxygen atoms in total. The summed E-state index contributed by atoms with van der Waals surface area (Å²) in [6, 6.07) is 17.4. The molecule has 0 atom stereocenters. The van der Waals surface area contributed by atoms with Gasteiger partial charge in [-0.25, -0.2) is 4.79 Å². The van der Waals surface area contributed by atoms with Crippen LogP contribution >= 0.6 is 0 Å². The van der Waals surface area contributed by atoms with Crippen molar-refractivity contribution >= 4 is 5.97 Å². The standard InChI is InChI=1S/C20H19NO3/c1-3-24-20(22)18-17(14-9-11-16(23-2)12-10-14)13-21-19(18)15-7-5-4-6-8-15/h4-13,21H,3H2,1-2H3. The van der Waals surface area contributed by atoms with Gasteiger partial charge in [-0.05, 0) is 30.2 Å². The van der Waals surface area contributed by atoms with E-state index < -0.39 is 0 Å². The van der Waals surface area contributed by atoms with Crippen LogP contribution in [0.25, 0.3) is 22.4 Å². The lowest BCUT2D eigenvalue weighted by atomic mass is 10.00. The first-order chi connectivity index (χ1) is 11.7. The monoisotopic (exact) mass is 321 g/mol. The van der Waals surface area contributed by atoms with Crippen LogP contribution in [0.3, 0.4) is 0 Å². The molecular formula is C20H19NO3. The quantitative estimate of drug-likeness (QED) is 0.702. The molecule has 0 aliphatic heterocycles. The molecule has 0 aliphatic rings. The van der Waals surface area contributed by atoms with Gasteiger partial charge in [0.15, 0.2) is 0 Å². The molecule has 0 saturated heterocycles. The average Bonchev–Trinajstić information content (AvgIpc) is 3.08. The average molecular weight is 321 g/mol. The van der Waals surface area contributed by atoms with Crippen LogP contribution in [0.1, 0.15) is 17.3 Å². The van der Waals surface area contributed by atoms with Crippen molar-refractivity contribution in [3.05, 3.63) is 66.4 Å². The molecule has 0 bridgehead atoms. The zero-order valence-corrected chi connectivity index (χ0v) is 13.7. The molecule has 3 aromatic rings. The number of rotatable bonds is 5. The first-order valence-corrected chi connectivity index (χ1v) is 7.83. The topological polar surface area (TPSA) is 51.3 Å². The molecule has 0 radical (unpaired) electrons. The van der Waals surface area contributed by atoms with Crippen LogP contribution in [0, 0.1) is 0 Å². The molecule has 0 spiro atoms. The van der Waals surface area contributed by atoms with E-state index in [1.54, 1.807) is 14.0 Å². The van der Waals surface area contributed by atoms with Gasteiger partial charge < -0.3 is 14.5 Å². The number of H-pyrrole nitrogens is 1. The number of ether oxygens (including phenoxy) is 2. The minimum atomic E-state index is -0.330. The van der Waals surface area contributed by atoms with Gasteiger partial charge in [0.25, 0.3) is 0 Å². The highest BCUT2D eigenvalue weighted by Gasteiger charge is 2.21. The molecule has 0 saturated carbocycles. The molecule has 122 valence electrons. The van der Waals surface area contributed by atoms with Gasteiger partial charge in [0.05, 0.1) is 25.0 Å². The maximum Gasteiger partial charge on any atom is 0.340 e. The van der Waals surface area contributed by atoms with Crippen LogP contribution in [-0.4, -0.2) is 24.7 Å². The number of aromatic amines is 1. The maximum absolute atomic E-state index is 12.6. The van der Waals surface area contributed by atoms with Crippen molar-refractivity contribution in [2.45, 2.75) is 6.92 Å². The lowest BCUT2D eigenvalue weighted by Gasteiger charge is -2.08. The predicted octanol–water partition coefficient (Wildman–Crippen LogP) is 4.53. The maximum atomic E-state index is 12.6. The lowest BCUT2D eigenvalue weighted by Crippen LogP contribution is -2.06. The summed E-state index contributed by atoms with van der Waals surface area (Å²) in [5.41, 5.74) is 4.00. The molecule has 3 rings (SSSR count). The highest BCUT2D eigenvalue weighted by molar-refractivity contribution is 6.03. The normalized spacial score (nSPS) is 10.4. The third-order valence-corrected chi connectivity index (χ3v) is 3.82. The number of nitrogens with one attached hydrogen (secondary N) is 1. The SMILES string of the molecule is CCOC(=O)c1c(-c2ccc(OC)cc2)c[nH]c1-c1ccccc1. The smallest absolute Gasteiger partial charge is 0.340 e. The second-order valence-electron chi connectivity index (χ2n) is 5.27. The van der Waals surface area contributed by atoms with Crippen molar-refractivity contribution in [1.82, 2.24) is 4.98 Å². The van der Waals surface area contributed by atoms with Gasteiger partial charge in [-0.2, -0.15) is 0 Å². The van der Waals surface area contributed by atoms with E-state index >= 15 is 0 Å². The van der Waals surface area contributed by atoms with Crippen molar-refractivity contribution in [1.29, 1.82) is 0 Å². The minimum absolute atomic E-state index is 0.330. The Morgan fingerprint density at radius 3 is 2.33 bits per heavy atom. The van der Waals surface area contributed by atoms with Crippen LogP contribution in [0.15, 0.2) is 60.8 Å². The summed E-state index contributed by atoms with van der Waals surface area (Å²) >= 11 is 0. The van der Waals surface area contributed by atoms with E-state index in [-0.39, 0.29) is 5.97 Å². The molecule has 24 heavy (non-hydrogen) atoms. The fourth-order valence-electron chi connectivity index (χ4n) is 2.67. The van der Waals surface area contributed by atoms with Gasteiger partial charge in [-0.1, -0.05) is 42.5 Å². The first kappa shape index (κ1) is 15.9. The van der Waals surface area contributed by atoms with Crippen LogP contribution in [0.2, 0.25) is 0 Å². The summed E-state index contributed by atoms with van der Waals surface area (Å²) in [6.45, 7) is 2.14. The zero-order chi connectivity index (χ0) is 16.9. The first-order valence-electron chi connectivity index (χ1n) is 7.83. The molecule has 0 amide bonds. The van der Waals surface area contributed by atoms with E-state index in [1.165, 1.54) is 0 Å². The van der Waals surface area contributed by atoms with Gasteiger partial charge in [0.1, 0.15) is 5.75 Å². The molecular weight excluding hydrogens is 302 g/mol. The largest absolute Gasteiger partial charge is 0.497 e. The number of carbonyl (C=O) groups is 1. The second kappa shape index (κ2) is 7.04. The summed E-state index contributed by atoms with van der Waals surface area (Å²) in [4.78, 5) is 15.8. The molecule has 1 N–H and O–H groups in total. The Bertz CT molecular complexity index is 820. The predicted molar refractivity (Wildman–Crippen MR) is 94.2 cm³/mol. The summed E-state index contributed by atoms with van der Waals surface area (Å²) in [7, 11) is 1.63. The number of esters is 1. The van der Waals surface area contributed by atoms with Crippen molar-refractivity contribution in [3.63, 3.8) is 0 Å². The lowest BCUT2D eigenvalue weighted by molar-refractivity contribution is 0.0528. The van der Waals surface area contributed by atoms with Crippen LogP contribution in [0.4, 0.5) is 0 Å². The van der Waals surface area contributed by atoms with Crippen molar-refractivity contribution in [3.8, 4) is 28.1 Å². The summed E-state index contributed by atoms with van der Waals surface area (Å²) in [5, 5.41) is 0. The van der Waals surface area contributed by atoms with Crippen molar-refractivity contribution < 1.29 is 14.3 Å². The number of carbonyl (C=O) groups excluding carboxylic acids is 1. The van der Waals surface area contributed by atoms with Crippen molar-refractivity contribution in [2.75, 3.05) is 13.7 Å².